The summed E-state index contributed by atoms with van der Waals surface area (Å²) in [5, 5.41) is 37.7. The number of esters is 2. The quantitative estimate of drug-likeness (QED) is 0.0973. The van der Waals surface area contributed by atoms with Crippen LogP contribution in [-0.4, -0.2) is 23.4 Å². The minimum Gasteiger partial charge on any atom is -0.459 e. The Kier molecular flexibility index (Phi) is 8.22. The van der Waals surface area contributed by atoms with Crippen LogP contribution >= 0.6 is 34.0 Å². The molecule has 1 aliphatic carbocycles. The molecule has 220 valence electrons. The minimum absolute atomic E-state index is 0.124. The van der Waals surface area contributed by atoms with Crippen LogP contribution < -0.4 is 0 Å². The van der Waals surface area contributed by atoms with Gasteiger partial charge in [0, 0.05) is 15.8 Å². The smallest absolute Gasteiger partial charge is 0.333 e. The van der Waals surface area contributed by atoms with Gasteiger partial charge in [0.1, 0.15) is 47.5 Å². The number of ether oxygens (including phenoxy) is 2. The van der Waals surface area contributed by atoms with Crippen LogP contribution in [0.3, 0.4) is 0 Å². The van der Waals surface area contributed by atoms with E-state index in [1.165, 1.54) is 17.4 Å². The molecule has 6 rings (SSSR count). The average molecular weight is 657 g/mol. The molecule has 0 amide bonds. The largest absolute Gasteiger partial charge is 0.459 e. The normalized spacial score (nSPS) is 11.9. The van der Waals surface area contributed by atoms with Gasteiger partial charge >= 0.3 is 11.9 Å². The molecule has 0 spiro atoms. The first-order chi connectivity index (χ1) is 22.4. The number of thiophene rings is 3. The molecular weight excluding hydrogens is 641 g/mol. The van der Waals surface area contributed by atoms with Gasteiger partial charge in [-0.15, -0.1) is 34.0 Å². The molecule has 0 aliphatic heterocycles. The molecule has 1 aliphatic rings. The van der Waals surface area contributed by atoms with Gasteiger partial charge in [-0.05, 0) is 23.3 Å². The molecule has 0 radical (unpaired) electrons. The SMILES string of the molecule is N#CC(C#N)=Nc1cc2c(s1)-c1sc3cc(N=C(C#N)C#N)sc3c1C2(C(=O)OCc1ccccc1)C(=O)OCc1ccccc1. The number of carbonyl (C=O) groups is 2. The fraction of sp³-hybridized carbons (Fsp3) is 0.0909. The van der Waals surface area contributed by atoms with Crippen molar-refractivity contribution in [1.82, 2.24) is 0 Å². The van der Waals surface area contributed by atoms with Gasteiger partial charge in [-0.25, -0.2) is 9.98 Å². The second kappa shape index (κ2) is 12.6. The van der Waals surface area contributed by atoms with Crippen molar-refractivity contribution in [3.8, 4) is 34.0 Å². The topological polar surface area (TPSA) is 172 Å². The van der Waals surface area contributed by atoms with E-state index in [1.54, 1.807) is 78.9 Å². The Morgan fingerprint density at radius 2 is 1.17 bits per heavy atom. The van der Waals surface area contributed by atoms with Gasteiger partial charge in [-0.1, -0.05) is 60.7 Å². The Balaban J connectivity index is 1.57. The van der Waals surface area contributed by atoms with Crippen LogP contribution in [0.2, 0.25) is 0 Å². The third kappa shape index (κ3) is 5.21. The average Bonchev–Trinajstić information content (AvgIpc) is 3.83. The Labute approximate surface area is 273 Å². The summed E-state index contributed by atoms with van der Waals surface area (Å²) in [5.74, 6) is -1.76. The molecule has 13 heteroatoms. The van der Waals surface area contributed by atoms with E-state index in [9.17, 15) is 30.6 Å². The molecule has 0 bridgehead atoms. The van der Waals surface area contributed by atoms with Gasteiger partial charge in [0.2, 0.25) is 16.8 Å². The van der Waals surface area contributed by atoms with Crippen LogP contribution in [0, 0.1) is 45.3 Å². The van der Waals surface area contributed by atoms with Crippen LogP contribution in [0.4, 0.5) is 10.0 Å². The highest BCUT2D eigenvalue weighted by Gasteiger charge is 2.61. The molecular formula is C33H16N6O4S3. The van der Waals surface area contributed by atoms with Gasteiger partial charge in [0.25, 0.3) is 0 Å². The molecule has 0 unspecified atom stereocenters. The molecule has 0 N–H and O–H groups in total. The molecule has 0 saturated carbocycles. The number of fused-ring (bicyclic) bond motifs is 5. The molecule has 3 heterocycles. The lowest BCUT2D eigenvalue weighted by Crippen LogP contribution is -2.45. The van der Waals surface area contributed by atoms with E-state index in [2.05, 4.69) is 9.98 Å². The Bertz CT molecular complexity index is 2170. The molecule has 46 heavy (non-hydrogen) atoms. The maximum absolute atomic E-state index is 14.5. The third-order valence-electron chi connectivity index (χ3n) is 6.96. The van der Waals surface area contributed by atoms with Gasteiger partial charge in [-0.3, -0.25) is 9.59 Å². The summed E-state index contributed by atoms with van der Waals surface area (Å²) in [7, 11) is 0. The number of hydrogen-bond donors (Lipinski definition) is 0. The summed E-state index contributed by atoms with van der Waals surface area (Å²) in [6.07, 6.45) is 0. The Hall–Kier alpha value is -5.96. The first kappa shape index (κ1) is 30.1. The van der Waals surface area contributed by atoms with E-state index in [0.717, 1.165) is 22.7 Å². The van der Waals surface area contributed by atoms with E-state index in [0.29, 0.717) is 40.8 Å². The number of rotatable bonds is 8. The molecule has 2 aromatic carbocycles. The highest BCUT2D eigenvalue weighted by molar-refractivity contribution is 7.33. The van der Waals surface area contributed by atoms with Gasteiger partial charge in [0.15, 0.2) is 0 Å². The summed E-state index contributed by atoms with van der Waals surface area (Å²) in [6.45, 7) is -0.248. The van der Waals surface area contributed by atoms with Crippen molar-refractivity contribution in [3.63, 3.8) is 0 Å². The van der Waals surface area contributed by atoms with Crippen LogP contribution in [0.15, 0.2) is 82.8 Å². The summed E-state index contributed by atoms with van der Waals surface area (Å²) in [4.78, 5) is 38.5. The van der Waals surface area contributed by atoms with Gasteiger partial charge in [0.05, 0.1) is 14.5 Å². The zero-order chi connectivity index (χ0) is 32.3. The highest BCUT2D eigenvalue weighted by atomic mass is 32.1. The Morgan fingerprint density at radius 1 is 0.674 bits per heavy atom. The second-order valence-electron chi connectivity index (χ2n) is 9.65. The monoisotopic (exact) mass is 656 g/mol. The number of benzene rings is 2. The zero-order valence-electron chi connectivity index (χ0n) is 23.4. The van der Waals surface area contributed by atoms with Crippen molar-refractivity contribution < 1.29 is 19.1 Å². The zero-order valence-corrected chi connectivity index (χ0v) is 25.8. The second-order valence-corrected chi connectivity index (χ2v) is 12.8. The van der Waals surface area contributed by atoms with E-state index >= 15 is 0 Å². The van der Waals surface area contributed by atoms with Crippen molar-refractivity contribution in [3.05, 3.63) is 95.1 Å². The molecule has 3 aromatic heterocycles. The van der Waals surface area contributed by atoms with Crippen molar-refractivity contribution in [1.29, 1.82) is 21.0 Å². The predicted molar refractivity (Wildman–Crippen MR) is 173 cm³/mol. The van der Waals surface area contributed by atoms with Crippen LogP contribution in [0.25, 0.3) is 19.2 Å². The number of aliphatic imine (C=N–C) groups is 2. The van der Waals surface area contributed by atoms with Gasteiger partial charge in [-0.2, -0.15) is 21.0 Å². The lowest BCUT2D eigenvalue weighted by Gasteiger charge is -2.26. The molecule has 10 nitrogen and oxygen atoms in total. The van der Waals surface area contributed by atoms with Crippen LogP contribution in [-0.2, 0) is 37.7 Å². The molecule has 0 atom stereocenters. The van der Waals surface area contributed by atoms with Crippen LogP contribution in [0.5, 0.6) is 0 Å². The minimum atomic E-state index is -2.10. The summed E-state index contributed by atoms with van der Waals surface area (Å²) >= 11 is 3.55. The summed E-state index contributed by atoms with van der Waals surface area (Å²) in [6, 6.07) is 28.2. The fourth-order valence-corrected chi connectivity index (χ4v) is 8.85. The van der Waals surface area contributed by atoms with E-state index in [1.807, 2.05) is 12.1 Å². The summed E-state index contributed by atoms with van der Waals surface area (Å²) < 4.78 is 13.0. The Morgan fingerprint density at radius 3 is 1.67 bits per heavy atom. The van der Waals surface area contributed by atoms with Crippen molar-refractivity contribution in [2.45, 2.75) is 18.6 Å². The maximum Gasteiger partial charge on any atom is 0.333 e. The van der Waals surface area contributed by atoms with Crippen molar-refractivity contribution >= 4 is 76.8 Å². The van der Waals surface area contributed by atoms with Crippen molar-refractivity contribution in [2.75, 3.05) is 0 Å². The number of carbonyl (C=O) groups excluding carboxylic acids is 2. The summed E-state index contributed by atoms with van der Waals surface area (Å²) in [5.41, 5.74) is -0.807. The number of nitriles is 4. The van der Waals surface area contributed by atoms with E-state index in [-0.39, 0.29) is 35.2 Å². The fourth-order valence-electron chi connectivity index (χ4n) is 4.99. The number of hydrogen-bond acceptors (Lipinski definition) is 13. The molecule has 0 fully saturated rings. The third-order valence-corrected chi connectivity index (χ3v) is 10.5. The lowest BCUT2D eigenvalue weighted by molar-refractivity contribution is -0.164. The molecule has 0 saturated heterocycles. The predicted octanol–water partition coefficient (Wildman–Crippen LogP) is 7.02. The number of nitrogens with zero attached hydrogens (tertiary/aromatic N) is 6. The van der Waals surface area contributed by atoms with Crippen LogP contribution in [0.1, 0.15) is 22.3 Å². The van der Waals surface area contributed by atoms with Gasteiger partial charge < -0.3 is 9.47 Å². The first-order valence-corrected chi connectivity index (χ1v) is 15.8. The highest BCUT2D eigenvalue weighted by Crippen LogP contribution is 2.62. The van der Waals surface area contributed by atoms with E-state index < -0.39 is 17.4 Å². The van der Waals surface area contributed by atoms with E-state index in [4.69, 9.17) is 9.47 Å². The lowest BCUT2D eigenvalue weighted by atomic mass is 9.79. The first-order valence-electron chi connectivity index (χ1n) is 13.3. The maximum atomic E-state index is 14.5. The standard InChI is InChI=1S/C33H16N6O4S3/c34-13-21(14-35)38-25-11-23-28(45-25)30-27(29-24(44-30)12-26(46-29)39-22(15-36)16-37)33(23,31(40)42-17-19-7-3-1-4-8-19)32(41)43-18-20-9-5-2-6-10-20/h1-12H,17-18H2. The van der Waals surface area contributed by atoms with Crippen molar-refractivity contribution in [2.24, 2.45) is 9.98 Å². The molecule has 5 aromatic rings.